The molecule has 2 aromatic carbocycles. The Morgan fingerprint density at radius 2 is 1.87 bits per heavy atom. The average molecular weight is 306 g/mol. The Kier molecular flexibility index (Phi) is 3.01. The molecule has 23 heavy (non-hydrogen) atoms. The molecule has 114 valence electrons. The highest BCUT2D eigenvalue weighted by Gasteiger charge is 2.13. The summed E-state index contributed by atoms with van der Waals surface area (Å²) in [6.45, 7) is 0. The maximum atomic E-state index is 12.3. The number of aromatic nitrogens is 4. The summed E-state index contributed by atoms with van der Waals surface area (Å²) in [6, 6.07) is 16.7. The van der Waals surface area contributed by atoms with E-state index in [9.17, 15) is 4.79 Å². The molecule has 4 aromatic rings. The van der Waals surface area contributed by atoms with E-state index in [0.29, 0.717) is 17.4 Å². The highest BCUT2D eigenvalue weighted by Crippen LogP contribution is 2.27. The number of rotatable bonds is 3. The Hall–Kier alpha value is -3.28. The van der Waals surface area contributed by atoms with Crippen molar-refractivity contribution in [2.75, 3.05) is 7.11 Å². The number of nitrogens with zero attached hydrogens (tertiary/aromatic N) is 2. The number of methoxy groups -OCH3 is 1. The van der Waals surface area contributed by atoms with Gasteiger partial charge in [-0.3, -0.25) is 9.89 Å². The molecule has 0 amide bonds. The Labute approximate surface area is 131 Å². The van der Waals surface area contributed by atoms with Crippen LogP contribution in [0, 0.1) is 0 Å². The predicted octanol–water partition coefficient (Wildman–Crippen LogP) is 2.72. The molecule has 0 atom stereocenters. The maximum Gasteiger partial charge on any atom is 0.274 e. The van der Waals surface area contributed by atoms with Crippen molar-refractivity contribution < 1.29 is 4.74 Å². The normalized spacial score (nSPS) is 11.0. The minimum absolute atomic E-state index is 0.190. The molecule has 0 fully saturated rings. The van der Waals surface area contributed by atoms with Gasteiger partial charge in [-0.1, -0.05) is 24.3 Å². The molecule has 6 heteroatoms. The predicted molar refractivity (Wildman–Crippen MR) is 88.0 cm³/mol. The van der Waals surface area contributed by atoms with Crippen molar-refractivity contribution in [3.63, 3.8) is 0 Å². The van der Waals surface area contributed by atoms with Gasteiger partial charge in [0.2, 0.25) is 5.95 Å². The first-order chi connectivity index (χ1) is 11.3. The fourth-order valence-corrected chi connectivity index (χ4v) is 2.60. The van der Waals surface area contributed by atoms with Crippen LogP contribution < -0.4 is 10.3 Å². The van der Waals surface area contributed by atoms with Crippen LogP contribution in [0.5, 0.6) is 5.75 Å². The van der Waals surface area contributed by atoms with Gasteiger partial charge in [0.05, 0.1) is 23.8 Å². The minimum atomic E-state index is -0.190. The van der Waals surface area contributed by atoms with Gasteiger partial charge in [-0.25, -0.2) is 4.98 Å². The van der Waals surface area contributed by atoms with Crippen molar-refractivity contribution >= 4 is 11.0 Å². The van der Waals surface area contributed by atoms with Crippen molar-refractivity contribution in [1.82, 2.24) is 19.7 Å². The van der Waals surface area contributed by atoms with E-state index in [1.807, 2.05) is 48.5 Å². The van der Waals surface area contributed by atoms with Crippen LogP contribution in [0.25, 0.3) is 28.2 Å². The van der Waals surface area contributed by atoms with Crippen molar-refractivity contribution in [2.24, 2.45) is 0 Å². The Balaban J connectivity index is 1.85. The molecular weight excluding hydrogens is 292 g/mol. The smallest absolute Gasteiger partial charge is 0.274 e. The zero-order valence-corrected chi connectivity index (χ0v) is 12.4. The van der Waals surface area contributed by atoms with E-state index in [0.717, 1.165) is 16.6 Å². The number of benzene rings is 2. The van der Waals surface area contributed by atoms with Crippen LogP contribution in [-0.2, 0) is 0 Å². The van der Waals surface area contributed by atoms with Gasteiger partial charge in [-0.2, -0.15) is 4.68 Å². The largest absolute Gasteiger partial charge is 0.496 e. The second-order valence-electron chi connectivity index (χ2n) is 5.12. The van der Waals surface area contributed by atoms with Crippen LogP contribution in [0.1, 0.15) is 0 Å². The molecule has 6 nitrogen and oxygen atoms in total. The molecular formula is C17H14N4O2. The summed E-state index contributed by atoms with van der Waals surface area (Å²) in [5.41, 5.74) is 2.99. The quantitative estimate of drug-likeness (QED) is 0.611. The maximum absolute atomic E-state index is 12.3. The van der Waals surface area contributed by atoms with E-state index in [1.165, 1.54) is 10.7 Å². The Morgan fingerprint density at radius 1 is 1.09 bits per heavy atom. The summed E-state index contributed by atoms with van der Waals surface area (Å²) in [5, 5.41) is 3.08. The van der Waals surface area contributed by atoms with Crippen molar-refractivity contribution in [3.05, 3.63) is 65.0 Å². The molecule has 0 aliphatic carbocycles. The van der Waals surface area contributed by atoms with E-state index in [4.69, 9.17) is 4.74 Å². The van der Waals surface area contributed by atoms with Gasteiger partial charge >= 0.3 is 0 Å². The number of hydrogen-bond donors (Lipinski definition) is 2. The van der Waals surface area contributed by atoms with Crippen LogP contribution in [0.3, 0.4) is 0 Å². The fraction of sp³-hybridized carbons (Fsp3) is 0.0588. The Morgan fingerprint density at radius 3 is 2.70 bits per heavy atom. The second-order valence-corrected chi connectivity index (χ2v) is 5.12. The lowest BCUT2D eigenvalue weighted by molar-refractivity contribution is 0.416. The number of aromatic amines is 2. The highest BCUT2D eigenvalue weighted by atomic mass is 16.5. The molecule has 0 saturated carbocycles. The molecule has 0 radical (unpaired) electrons. The van der Waals surface area contributed by atoms with Crippen LogP contribution in [-0.4, -0.2) is 26.9 Å². The molecule has 0 aliphatic heterocycles. The standard InChI is InChI=1S/C17H14N4O2/c1-23-15-9-5-2-6-11(15)14-10-16(22)21(20-14)17-18-12-7-3-4-8-13(12)19-17/h2-10,20H,1H3,(H,18,19). The number of hydrogen-bond acceptors (Lipinski definition) is 3. The van der Waals surface area contributed by atoms with E-state index < -0.39 is 0 Å². The van der Waals surface area contributed by atoms with E-state index in [1.54, 1.807) is 7.11 Å². The molecule has 0 spiro atoms. The summed E-state index contributed by atoms with van der Waals surface area (Å²) in [7, 11) is 1.60. The third kappa shape index (κ3) is 2.20. The number of imidazole rings is 1. The van der Waals surface area contributed by atoms with E-state index in [-0.39, 0.29) is 5.56 Å². The molecule has 4 rings (SSSR count). The van der Waals surface area contributed by atoms with Crippen molar-refractivity contribution in [2.45, 2.75) is 0 Å². The van der Waals surface area contributed by atoms with Gasteiger partial charge in [-0.05, 0) is 24.3 Å². The molecule has 0 aliphatic rings. The van der Waals surface area contributed by atoms with Gasteiger partial charge in [-0.15, -0.1) is 0 Å². The van der Waals surface area contributed by atoms with Gasteiger partial charge < -0.3 is 9.72 Å². The van der Waals surface area contributed by atoms with Crippen LogP contribution in [0.2, 0.25) is 0 Å². The lowest BCUT2D eigenvalue weighted by Gasteiger charge is -2.05. The SMILES string of the molecule is COc1ccccc1-c1cc(=O)n(-c2nc3ccccc3[nH]2)[nH]1. The molecule has 0 bridgehead atoms. The number of ether oxygens (including phenoxy) is 1. The summed E-state index contributed by atoms with van der Waals surface area (Å²) in [4.78, 5) is 19.9. The van der Waals surface area contributed by atoms with Crippen LogP contribution >= 0.6 is 0 Å². The van der Waals surface area contributed by atoms with E-state index in [2.05, 4.69) is 15.1 Å². The summed E-state index contributed by atoms with van der Waals surface area (Å²) in [6.07, 6.45) is 0. The lowest BCUT2D eigenvalue weighted by Crippen LogP contribution is -2.14. The van der Waals surface area contributed by atoms with Gasteiger partial charge in [0.25, 0.3) is 5.56 Å². The molecule has 0 unspecified atom stereocenters. The molecule has 2 aromatic heterocycles. The van der Waals surface area contributed by atoms with Crippen LogP contribution in [0.15, 0.2) is 59.4 Å². The number of H-pyrrole nitrogens is 2. The van der Waals surface area contributed by atoms with Gasteiger partial charge in [0, 0.05) is 11.6 Å². The topological polar surface area (TPSA) is 75.7 Å². The fourth-order valence-electron chi connectivity index (χ4n) is 2.60. The average Bonchev–Trinajstić information content (AvgIpc) is 3.17. The van der Waals surface area contributed by atoms with Crippen molar-refractivity contribution in [3.8, 4) is 23.0 Å². The van der Waals surface area contributed by atoms with Crippen LogP contribution in [0.4, 0.5) is 0 Å². The van der Waals surface area contributed by atoms with Gasteiger partial charge in [0.1, 0.15) is 5.75 Å². The third-order valence-electron chi connectivity index (χ3n) is 3.71. The van der Waals surface area contributed by atoms with Gasteiger partial charge in [0.15, 0.2) is 0 Å². The van der Waals surface area contributed by atoms with E-state index >= 15 is 0 Å². The summed E-state index contributed by atoms with van der Waals surface area (Å²) in [5.74, 6) is 1.16. The second kappa shape index (κ2) is 5.17. The first-order valence-electron chi connectivity index (χ1n) is 7.17. The molecule has 2 heterocycles. The first kappa shape index (κ1) is 13.4. The number of para-hydroxylation sites is 3. The molecule has 0 saturated heterocycles. The van der Waals surface area contributed by atoms with Crippen molar-refractivity contribution in [1.29, 1.82) is 0 Å². The molecule has 2 N–H and O–H groups in total. The summed E-state index contributed by atoms with van der Waals surface area (Å²) < 4.78 is 6.74. The Bertz CT molecular complexity index is 1010. The number of nitrogens with one attached hydrogen (secondary N) is 2. The first-order valence-corrected chi connectivity index (χ1v) is 7.17. The monoisotopic (exact) mass is 306 g/mol. The lowest BCUT2D eigenvalue weighted by atomic mass is 10.1. The zero-order chi connectivity index (χ0) is 15.8. The third-order valence-corrected chi connectivity index (χ3v) is 3.71. The summed E-state index contributed by atoms with van der Waals surface area (Å²) >= 11 is 0. The highest BCUT2D eigenvalue weighted by molar-refractivity contribution is 5.76. The minimum Gasteiger partial charge on any atom is -0.496 e. The zero-order valence-electron chi connectivity index (χ0n) is 12.4. The number of fused-ring (bicyclic) bond motifs is 1.